The molecule has 0 bridgehead atoms. The van der Waals surface area contributed by atoms with Crippen LogP contribution in [-0.4, -0.2) is 78.3 Å². The van der Waals surface area contributed by atoms with Gasteiger partial charge in [-0.3, -0.25) is 4.79 Å². The van der Waals surface area contributed by atoms with Gasteiger partial charge in [0, 0.05) is 12.1 Å². The van der Waals surface area contributed by atoms with Crippen molar-refractivity contribution in [2.75, 3.05) is 0 Å². The van der Waals surface area contributed by atoms with Gasteiger partial charge in [0.2, 0.25) is 12.1 Å². The summed E-state index contributed by atoms with van der Waals surface area (Å²) in [5.74, 6) is -2.43. The first-order valence-corrected chi connectivity index (χ1v) is 9.72. The molecule has 11 heteroatoms. The second kappa shape index (κ2) is 8.11. The minimum Gasteiger partial charge on any atom is -0.508 e. The molecule has 2 aliphatic rings. The average Bonchev–Trinajstić information content (AvgIpc) is 2.73. The van der Waals surface area contributed by atoms with Crippen LogP contribution in [0, 0.1) is 0 Å². The van der Waals surface area contributed by atoms with Crippen LogP contribution < -0.4 is 9.47 Å². The van der Waals surface area contributed by atoms with Crippen LogP contribution in [0.15, 0.2) is 30.3 Å². The summed E-state index contributed by atoms with van der Waals surface area (Å²) in [4.78, 5) is 12.5. The summed E-state index contributed by atoms with van der Waals surface area (Å²) in [6.45, 7) is 1.48. The number of ketones is 1. The number of hydrogen-bond acceptors (Lipinski definition) is 11. The molecule has 7 atom stereocenters. The third kappa shape index (κ3) is 3.70. The van der Waals surface area contributed by atoms with E-state index < -0.39 is 60.2 Å². The summed E-state index contributed by atoms with van der Waals surface area (Å²) in [6, 6.07) is 5.89. The highest BCUT2D eigenvalue weighted by Crippen LogP contribution is 2.43. The molecule has 1 saturated heterocycles. The smallest absolute Gasteiger partial charge is 0.229 e. The first-order valence-electron chi connectivity index (χ1n) is 9.72. The van der Waals surface area contributed by atoms with E-state index in [2.05, 4.69) is 0 Å². The van der Waals surface area contributed by atoms with Crippen LogP contribution in [-0.2, 0) is 4.74 Å². The van der Waals surface area contributed by atoms with Crippen molar-refractivity contribution in [1.82, 2.24) is 0 Å². The number of carbonyl (C=O) groups excluding carboxylic acids is 1. The van der Waals surface area contributed by atoms with Gasteiger partial charge in [0.05, 0.1) is 6.10 Å². The number of rotatable bonds is 3. The van der Waals surface area contributed by atoms with E-state index in [-0.39, 0.29) is 28.4 Å². The molecule has 1 fully saturated rings. The minimum atomic E-state index is -1.70. The van der Waals surface area contributed by atoms with Crippen LogP contribution in [0.25, 0.3) is 0 Å². The molecule has 0 saturated carbocycles. The highest BCUT2D eigenvalue weighted by atomic mass is 16.7. The molecule has 32 heavy (non-hydrogen) atoms. The molecule has 2 aliphatic heterocycles. The van der Waals surface area contributed by atoms with Crippen molar-refractivity contribution >= 4 is 5.78 Å². The van der Waals surface area contributed by atoms with Crippen molar-refractivity contribution in [2.24, 2.45) is 0 Å². The second-order valence-electron chi connectivity index (χ2n) is 7.71. The summed E-state index contributed by atoms with van der Waals surface area (Å²) in [7, 11) is 0. The summed E-state index contributed by atoms with van der Waals surface area (Å²) in [5.41, 5.74) is -0.0906. The van der Waals surface area contributed by atoms with Crippen molar-refractivity contribution < 1.29 is 54.8 Å². The molecular weight excluding hydrogens is 428 g/mol. The summed E-state index contributed by atoms with van der Waals surface area (Å²) in [6.07, 6.45) is -9.60. The number of carbonyl (C=O) groups is 1. The standard InChI is InChI=1S/C21H22O11/c1-7-15(25)17(27)19(29)21(30-7)32-12-3-2-8(4-10(12)23)20-18(28)16(26)14-11(24)5-9(22)6-13(14)31-20/h2-7,15,17-25,27-29H,1H3/t7-,15+,17-,18+,19-,20+,21+/m1/s1. The molecule has 4 rings (SSSR count). The predicted molar refractivity (Wildman–Crippen MR) is 105 cm³/mol. The predicted octanol–water partition coefficient (Wildman–Crippen LogP) is -0.313. The minimum absolute atomic E-state index is 0.136. The number of phenols is 3. The van der Waals surface area contributed by atoms with Crippen LogP contribution >= 0.6 is 0 Å². The SMILES string of the molecule is C[C@H]1O[C@@H](Oc2ccc([C@@H]3Oc4cc(O)cc(O)c4C(=O)[C@@H]3O)cc2O)[C@H](O)[C@H](O)[C@H]1O. The van der Waals surface area contributed by atoms with Crippen molar-refractivity contribution in [3.05, 3.63) is 41.5 Å². The fraction of sp³-hybridized carbons (Fsp3) is 0.381. The highest BCUT2D eigenvalue weighted by Gasteiger charge is 2.44. The summed E-state index contributed by atoms with van der Waals surface area (Å²) >= 11 is 0. The van der Waals surface area contributed by atoms with E-state index in [0.717, 1.165) is 18.2 Å². The monoisotopic (exact) mass is 450 g/mol. The number of phenolic OH excluding ortho intramolecular Hbond substituents is 3. The Labute approximate surface area is 181 Å². The number of fused-ring (bicyclic) bond motifs is 1. The topological polar surface area (TPSA) is 186 Å². The van der Waals surface area contributed by atoms with Gasteiger partial charge in [-0.05, 0) is 24.6 Å². The maximum Gasteiger partial charge on any atom is 0.229 e. The molecule has 11 nitrogen and oxygen atoms in total. The van der Waals surface area contributed by atoms with Crippen LogP contribution in [0.3, 0.4) is 0 Å². The molecule has 0 radical (unpaired) electrons. The van der Waals surface area contributed by atoms with Crippen molar-refractivity contribution in [1.29, 1.82) is 0 Å². The molecule has 0 aliphatic carbocycles. The van der Waals surface area contributed by atoms with Gasteiger partial charge in [-0.2, -0.15) is 0 Å². The number of benzene rings is 2. The summed E-state index contributed by atoms with van der Waals surface area (Å²) < 4.78 is 16.4. The molecule has 0 aromatic heterocycles. The van der Waals surface area contributed by atoms with E-state index in [1.165, 1.54) is 19.1 Å². The third-order valence-electron chi connectivity index (χ3n) is 5.48. The fourth-order valence-corrected chi connectivity index (χ4v) is 3.71. The van der Waals surface area contributed by atoms with E-state index in [4.69, 9.17) is 14.2 Å². The lowest BCUT2D eigenvalue weighted by molar-refractivity contribution is -0.268. The van der Waals surface area contributed by atoms with E-state index in [1.54, 1.807) is 0 Å². The molecular formula is C21H22O11. The van der Waals surface area contributed by atoms with Gasteiger partial charge in [0.1, 0.15) is 41.1 Å². The Kier molecular flexibility index (Phi) is 5.61. The van der Waals surface area contributed by atoms with Gasteiger partial charge in [-0.1, -0.05) is 6.07 Å². The van der Waals surface area contributed by atoms with Crippen molar-refractivity contribution in [2.45, 2.75) is 49.8 Å². The van der Waals surface area contributed by atoms with Crippen molar-refractivity contribution in [3.8, 4) is 28.7 Å². The number of aliphatic hydroxyl groups excluding tert-OH is 4. The zero-order valence-electron chi connectivity index (χ0n) is 16.7. The zero-order chi connectivity index (χ0) is 23.3. The van der Waals surface area contributed by atoms with Crippen LogP contribution in [0.2, 0.25) is 0 Å². The molecule has 0 unspecified atom stereocenters. The Bertz CT molecular complexity index is 1040. The second-order valence-corrected chi connectivity index (χ2v) is 7.71. The van der Waals surface area contributed by atoms with Gasteiger partial charge >= 0.3 is 0 Å². The van der Waals surface area contributed by atoms with E-state index in [0.29, 0.717) is 0 Å². The molecule has 0 amide bonds. The normalized spacial score (nSPS) is 32.2. The van der Waals surface area contributed by atoms with Crippen LogP contribution in [0.4, 0.5) is 0 Å². The maximum atomic E-state index is 12.5. The zero-order valence-corrected chi connectivity index (χ0v) is 16.7. The van der Waals surface area contributed by atoms with E-state index in [1.807, 2.05) is 0 Å². The average molecular weight is 450 g/mol. The van der Waals surface area contributed by atoms with Gasteiger partial charge in [0.25, 0.3) is 0 Å². The Morgan fingerprint density at radius 2 is 1.62 bits per heavy atom. The number of aliphatic hydroxyl groups is 4. The lowest BCUT2D eigenvalue weighted by atomic mass is 9.92. The van der Waals surface area contributed by atoms with Crippen molar-refractivity contribution in [3.63, 3.8) is 0 Å². The Morgan fingerprint density at radius 3 is 2.31 bits per heavy atom. The first kappa shape index (κ1) is 22.1. The molecule has 0 spiro atoms. The number of aromatic hydroxyl groups is 3. The van der Waals surface area contributed by atoms with Crippen LogP contribution in [0.1, 0.15) is 28.9 Å². The number of hydrogen-bond donors (Lipinski definition) is 7. The first-order chi connectivity index (χ1) is 15.1. The summed E-state index contributed by atoms with van der Waals surface area (Å²) in [5, 5.41) is 70.0. The molecule has 2 heterocycles. The third-order valence-corrected chi connectivity index (χ3v) is 5.48. The number of Topliss-reactive ketones (excluding diaryl/α,β-unsaturated/α-hetero) is 1. The quantitative estimate of drug-likeness (QED) is 0.325. The van der Waals surface area contributed by atoms with Gasteiger partial charge in [0.15, 0.2) is 23.7 Å². The van der Waals surface area contributed by atoms with E-state index in [9.17, 15) is 40.5 Å². The van der Waals surface area contributed by atoms with Gasteiger partial charge in [-0.25, -0.2) is 0 Å². The van der Waals surface area contributed by atoms with Crippen LogP contribution in [0.5, 0.6) is 28.7 Å². The van der Waals surface area contributed by atoms with Gasteiger partial charge < -0.3 is 50.0 Å². The highest BCUT2D eigenvalue weighted by molar-refractivity contribution is 6.05. The van der Waals surface area contributed by atoms with E-state index >= 15 is 0 Å². The molecule has 172 valence electrons. The molecule has 2 aromatic carbocycles. The fourth-order valence-electron chi connectivity index (χ4n) is 3.71. The maximum absolute atomic E-state index is 12.5. The lowest BCUT2D eigenvalue weighted by Crippen LogP contribution is -2.58. The molecule has 7 N–H and O–H groups in total. The molecule has 2 aromatic rings. The number of ether oxygens (including phenoxy) is 3. The Balaban J connectivity index is 1.58. The Hall–Kier alpha value is -3.09. The Morgan fingerprint density at radius 1 is 0.906 bits per heavy atom. The van der Waals surface area contributed by atoms with Gasteiger partial charge in [-0.15, -0.1) is 0 Å². The lowest BCUT2D eigenvalue weighted by Gasteiger charge is -2.39. The largest absolute Gasteiger partial charge is 0.508 e.